The lowest BCUT2D eigenvalue weighted by Crippen LogP contribution is -2.03. The molecule has 0 spiro atoms. The molecule has 5 heteroatoms. The van der Waals surface area contributed by atoms with Crippen molar-refractivity contribution in [3.05, 3.63) is 39.8 Å². The first kappa shape index (κ1) is 11.2. The maximum absolute atomic E-state index is 5.97. The molecule has 3 aromatic heterocycles. The van der Waals surface area contributed by atoms with Gasteiger partial charge in [-0.25, -0.2) is 4.98 Å². The second kappa shape index (κ2) is 4.10. The van der Waals surface area contributed by atoms with Crippen LogP contribution >= 0.6 is 11.3 Å². The number of aryl methyl sites for hydroxylation is 2. The molecule has 4 nitrogen and oxygen atoms in total. The van der Waals surface area contributed by atoms with Gasteiger partial charge in [-0.05, 0) is 31.5 Å². The predicted octanol–water partition coefficient (Wildman–Crippen LogP) is 2.74. The minimum atomic E-state index is 0.543. The Morgan fingerprint density at radius 2 is 2.22 bits per heavy atom. The Kier molecular flexibility index (Phi) is 2.56. The molecule has 0 unspecified atom stereocenters. The zero-order valence-corrected chi connectivity index (χ0v) is 11.2. The summed E-state index contributed by atoms with van der Waals surface area (Å²) in [5.41, 5.74) is 9.19. The molecular formula is C13H14N4S. The van der Waals surface area contributed by atoms with E-state index in [0.29, 0.717) is 5.95 Å². The highest BCUT2D eigenvalue weighted by Crippen LogP contribution is 2.24. The fourth-order valence-corrected chi connectivity index (χ4v) is 3.09. The third-order valence-electron chi connectivity index (χ3n) is 3.11. The van der Waals surface area contributed by atoms with Crippen molar-refractivity contribution in [2.45, 2.75) is 20.4 Å². The van der Waals surface area contributed by atoms with Crippen molar-refractivity contribution in [2.75, 3.05) is 5.73 Å². The fourth-order valence-electron chi connectivity index (χ4n) is 2.05. The van der Waals surface area contributed by atoms with Crippen LogP contribution in [0, 0.1) is 13.8 Å². The summed E-state index contributed by atoms with van der Waals surface area (Å²) in [6.07, 6.45) is 3.51. The molecule has 0 aliphatic carbocycles. The Morgan fingerprint density at radius 1 is 1.39 bits per heavy atom. The molecule has 0 saturated carbocycles. The molecule has 0 atom stereocenters. The second-order valence-electron chi connectivity index (χ2n) is 4.37. The fraction of sp³-hybridized carbons (Fsp3) is 0.231. The molecule has 2 N–H and O–H groups in total. The number of hydrogen-bond acceptors (Lipinski definition) is 4. The number of nitrogens with two attached hydrogens (primary N) is 1. The Bertz CT molecular complexity index is 691. The summed E-state index contributed by atoms with van der Waals surface area (Å²) in [6, 6.07) is 4.17. The topological polar surface area (TPSA) is 56.7 Å². The van der Waals surface area contributed by atoms with Crippen LogP contribution in [0.1, 0.15) is 15.3 Å². The first-order valence-corrected chi connectivity index (χ1v) is 6.58. The maximum atomic E-state index is 5.97. The molecule has 0 aliphatic heterocycles. The van der Waals surface area contributed by atoms with Crippen LogP contribution in [-0.4, -0.2) is 14.5 Å². The van der Waals surface area contributed by atoms with Gasteiger partial charge in [-0.3, -0.25) is 4.98 Å². The van der Waals surface area contributed by atoms with Crippen LogP contribution < -0.4 is 5.73 Å². The Hall–Kier alpha value is -1.88. The highest BCUT2D eigenvalue weighted by atomic mass is 32.1. The summed E-state index contributed by atoms with van der Waals surface area (Å²) >= 11 is 1.81. The lowest BCUT2D eigenvalue weighted by atomic mass is 10.3. The molecule has 3 rings (SSSR count). The average Bonchev–Trinajstić information content (AvgIpc) is 2.82. The molecule has 0 aromatic carbocycles. The van der Waals surface area contributed by atoms with Gasteiger partial charge in [0.1, 0.15) is 5.52 Å². The van der Waals surface area contributed by atoms with E-state index in [1.54, 1.807) is 12.4 Å². The van der Waals surface area contributed by atoms with Gasteiger partial charge in [0, 0.05) is 16.0 Å². The van der Waals surface area contributed by atoms with E-state index in [4.69, 9.17) is 5.73 Å². The summed E-state index contributed by atoms with van der Waals surface area (Å²) in [5, 5.41) is 0. The first-order valence-electron chi connectivity index (χ1n) is 5.77. The van der Waals surface area contributed by atoms with E-state index in [1.165, 1.54) is 15.3 Å². The van der Waals surface area contributed by atoms with Crippen molar-refractivity contribution in [1.29, 1.82) is 0 Å². The van der Waals surface area contributed by atoms with Crippen LogP contribution in [0.5, 0.6) is 0 Å². The van der Waals surface area contributed by atoms with Gasteiger partial charge < -0.3 is 10.3 Å². The van der Waals surface area contributed by atoms with E-state index in [0.717, 1.165) is 17.6 Å². The van der Waals surface area contributed by atoms with E-state index in [1.807, 2.05) is 22.0 Å². The zero-order chi connectivity index (χ0) is 12.7. The van der Waals surface area contributed by atoms with Crippen molar-refractivity contribution in [2.24, 2.45) is 0 Å². The summed E-state index contributed by atoms with van der Waals surface area (Å²) in [7, 11) is 0. The Morgan fingerprint density at radius 3 is 2.94 bits per heavy atom. The largest absolute Gasteiger partial charge is 0.369 e. The molecule has 3 heterocycles. The first-order chi connectivity index (χ1) is 8.65. The van der Waals surface area contributed by atoms with Crippen LogP contribution in [0.15, 0.2) is 24.5 Å². The zero-order valence-electron chi connectivity index (χ0n) is 10.3. The van der Waals surface area contributed by atoms with Gasteiger partial charge in [0.2, 0.25) is 5.95 Å². The number of imidazole rings is 1. The molecule has 0 fully saturated rings. The molecule has 92 valence electrons. The molecule has 3 aromatic rings. The van der Waals surface area contributed by atoms with Crippen LogP contribution in [0.3, 0.4) is 0 Å². The monoisotopic (exact) mass is 258 g/mol. The molecule has 0 radical (unpaired) electrons. The normalized spacial score (nSPS) is 11.2. The molecule has 0 bridgehead atoms. The van der Waals surface area contributed by atoms with Crippen molar-refractivity contribution >= 4 is 28.3 Å². The van der Waals surface area contributed by atoms with Crippen LogP contribution in [0.2, 0.25) is 0 Å². The third-order valence-corrected chi connectivity index (χ3v) is 4.25. The summed E-state index contributed by atoms with van der Waals surface area (Å²) in [6.45, 7) is 5.04. The minimum absolute atomic E-state index is 0.543. The van der Waals surface area contributed by atoms with Crippen LogP contribution in [0.25, 0.3) is 11.0 Å². The standard InChI is InChI=1S/C13H14N4S/c1-8-5-10(18-9(8)2)7-17-12-3-4-15-6-11(12)16-13(17)14/h3-6H,7H2,1-2H3,(H2,14,16). The Balaban J connectivity index is 2.06. The highest BCUT2D eigenvalue weighted by Gasteiger charge is 2.10. The van der Waals surface area contributed by atoms with E-state index in [9.17, 15) is 0 Å². The number of nitrogens with zero attached hydrogens (tertiary/aromatic N) is 3. The highest BCUT2D eigenvalue weighted by molar-refractivity contribution is 7.12. The number of thiophene rings is 1. The third kappa shape index (κ3) is 1.76. The number of rotatable bonds is 2. The number of nitrogen functional groups attached to an aromatic ring is 1. The average molecular weight is 258 g/mol. The number of hydrogen-bond donors (Lipinski definition) is 1. The summed E-state index contributed by atoms with van der Waals surface area (Å²) in [5.74, 6) is 0.543. The lowest BCUT2D eigenvalue weighted by molar-refractivity contribution is 0.852. The van der Waals surface area contributed by atoms with Crippen LogP contribution in [0.4, 0.5) is 5.95 Å². The molecular weight excluding hydrogens is 244 g/mol. The van der Waals surface area contributed by atoms with E-state index < -0.39 is 0 Å². The van der Waals surface area contributed by atoms with E-state index >= 15 is 0 Å². The molecule has 0 saturated heterocycles. The van der Waals surface area contributed by atoms with E-state index in [-0.39, 0.29) is 0 Å². The SMILES string of the molecule is Cc1cc(Cn2c(N)nc3cnccc32)sc1C. The Labute approximate surface area is 109 Å². The van der Waals surface area contributed by atoms with Gasteiger partial charge in [-0.15, -0.1) is 11.3 Å². The van der Waals surface area contributed by atoms with E-state index in [2.05, 4.69) is 29.9 Å². The van der Waals surface area contributed by atoms with Crippen molar-refractivity contribution in [1.82, 2.24) is 14.5 Å². The van der Waals surface area contributed by atoms with Gasteiger partial charge in [0.25, 0.3) is 0 Å². The maximum Gasteiger partial charge on any atom is 0.201 e. The van der Waals surface area contributed by atoms with Crippen molar-refractivity contribution in [3.63, 3.8) is 0 Å². The quantitative estimate of drug-likeness (QED) is 0.769. The second-order valence-corrected chi connectivity index (χ2v) is 5.71. The minimum Gasteiger partial charge on any atom is -0.369 e. The number of aromatic nitrogens is 3. The summed E-state index contributed by atoms with van der Waals surface area (Å²) in [4.78, 5) is 11.0. The number of pyridine rings is 1. The van der Waals surface area contributed by atoms with Gasteiger partial charge in [0.05, 0.1) is 18.3 Å². The number of anilines is 1. The summed E-state index contributed by atoms with van der Waals surface area (Å²) < 4.78 is 2.03. The lowest BCUT2D eigenvalue weighted by Gasteiger charge is -2.03. The van der Waals surface area contributed by atoms with Crippen molar-refractivity contribution < 1.29 is 0 Å². The molecule has 0 amide bonds. The number of fused-ring (bicyclic) bond motifs is 1. The van der Waals surface area contributed by atoms with Gasteiger partial charge >= 0.3 is 0 Å². The predicted molar refractivity (Wildman–Crippen MR) is 74.8 cm³/mol. The van der Waals surface area contributed by atoms with Crippen LogP contribution in [-0.2, 0) is 6.54 Å². The smallest absolute Gasteiger partial charge is 0.201 e. The van der Waals surface area contributed by atoms with Crippen molar-refractivity contribution in [3.8, 4) is 0 Å². The van der Waals surface area contributed by atoms with Gasteiger partial charge in [-0.2, -0.15) is 0 Å². The van der Waals surface area contributed by atoms with Gasteiger partial charge in [-0.1, -0.05) is 0 Å². The molecule has 18 heavy (non-hydrogen) atoms. The molecule has 0 aliphatic rings. The van der Waals surface area contributed by atoms with Gasteiger partial charge in [0.15, 0.2) is 0 Å².